The van der Waals surface area contributed by atoms with E-state index in [1.54, 1.807) is 6.92 Å². The zero-order valence-corrected chi connectivity index (χ0v) is 14.8. The van der Waals surface area contributed by atoms with Crippen LogP contribution in [-0.2, 0) is 16.0 Å². The first-order valence-corrected chi connectivity index (χ1v) is 8.82. The molecule has 2 aliphatic rings. The van der Waals surface area contributed by atoms with E-state index in [0.717, 1.165) is 19.3 Å². The SMILES string of the molecule is CCOC(=O)C1=C(CN(C)[C@H]2CCCc3ccccc32)NC(=O)NC1. The number of benzene rings is 1. The van der Waals surface area contributed by atoms with Gasteiger partial charge in [-0.3, -0.25) is 4.90 Å². The average molecular weight is 343 g/mol. The number of urea groups is 1. The van der Waals surface area contributed by atoms with Crippen molar-refractivity contribution in [3.8, 4) is 0 Å². The van der Waals surface area contributed by atoms with Crippen molar-refractivity contribution >= 4 is 12.0 Å². The van der Waals surface area contributed by atoms with E-state index in [-0.39, 0.29) is 24.6 Å². The van der Waals surface area contributed by atoms with Gasteiger partial charge in [0.05, 0.1) is 18.7 Å². The number of hydrogen-bond acceptors (Lipinski definition) is 4. The summed E-state index contributed by atoms with van der Waals surface area (Å²) >= 11 is 0. The highest BCUT2D eigenvalue weighted by atomic mass is 16.5. The first-order valence-electron chi connectivity index (χ1n) is 8.82. The topological polar surface area (TPSA) is 70.7 Å². The molecule has 1 heterocycles. The van der Waals surface area contributed by atoms with Crippen LogP contribution in [0.1, 0.15) is 36.9 Å². The van der Waals surface area contributed by atoms with Crippen LogP contribution in [0, 0.1) is 0 Å². The first kappa shape index (κ1) is 17.5. The summed E-state index contributed by atoms with van der Waals surface area (Å²) in [7, 11) is 2.04. The standard InChI is InChI=1S/C19H25N3O3/c1-3-25-18(23)15-11-20-19(24)21-16(15)12-22(2)17-10-6-8-13-7-4-5-9-14(13)17/h4-5,7,9,17H,3,6,8,10-12H2,1-2H3,(H2,20,21,24)/t17-/m0/s1. The smallest absolute Gasteiger partial charge is 0.337 e. The van der Waals surface area contributed by atoms with Gasteiger partial charge in [-0.25, -0.2) is 9.59 Å². The van der Waals surface area contributed by atoms with Crippen LogP contribution in [0.3, 0.4) is 0 Å². The number of esters is 1. The Morgan fingerprint density at radius 2 is 2.16 bits per heavy atom. The van der Waals surface area contributed by atoms with E-state index in [1.165, 1.54) is 11.1 Å². The molecule has 25 heavy (non-hydrogen) atoms. The third-order valence-corrected chi connectivity index (χ3v) is 4.85. The van der Waals surface area contributed by atoms with E-state index in [1.807, 2.05) is 7.05 Å². The van der Waals surface area contributed by atoms with Gasteiger partial charge in [-0.2, -0.15) is 0 Å². The Balaban J connectivity index is 1.82. The molecule has 2 N–H and O–H groups in total. The summed E-state index contributed by atoms with van der Waals surface area (Å²) < 4.78 is 5.12. The van der Waals surface area contributed by atoms with Gasteiger partial charge >= 0.3 is 12.0 Å². The quantitative estimate of drug-likeness (QED) is 0.804. The lowest BCUT2D eigenvalue weighted by atomic mass is 9.87. The van der Waals surface area contributed by atoms with Crippen LogP contribution in [0.25, 0.3) is 0 Å². The molecule has 0 saturated carbocycles. The maximum Gasteiger partial charge on any atom is 0.337 e. The summed E-state index contributed by atoms with van der Waals surface area (Å²) in [6.45, 7) is 2.79. The van der Waals surface area contributed by atoms with Gasteiger partial charge in [0.25, 0.3) is 0 Å². The summed E-state index contributed by atoms with van der Waals surface area (Å²) in [5.74, 6) is -0.373. The highest BCUT2D eigenvalue weighted by Gasteiger charge is 2.28. The summed E-state index contributed by atoms with van der Waals surface area (Å²) in [5, 5.41) is 5.43. The van der Waals surface area contributed by atoms with Crippen LogP contribution in [0.15, 0.2) is 35.5 Å². The van der Waals surface area contributed by atoms with Gasteiger partial charge in [-0.1, -0.05) is 24.3 Å². The van der Waals surface area contributed by atoms with Crippen LogP contribution in [0.5, 0.6) is 0 Å². The Hall–Kier alpha value is -2.34. The molecule has 3 rings (SSSR count). The predicted molar refractivity (Wildman–Crippen MR) is 94.9 cm³/mol. The Kier molecular flexibility index (Phi) is 5.38. The second-order valence-corrected chi connectivity index (χ2v) is 6.51. The summed E-state index contributed by atoms with van der Waals surface area (Å²) in [6, 6.07) is 8.52. The Morgan fingerprint density at radius 1 is 1.36 bits per heavy atom. The lowest BCUT2D eigenvalue weighted by Gasteiger charge is -2.34. The lowest BCUT2D eigenvalue weighted by molar-refractivity contribution is -0.138. The summed E-state index contributed by atoms with van der Waals surface area (Å²) in [6.07, 6.45) is 3.32. The Morgan fingerprint density at radius 3 is 2.96 bits per heavy atom. The Labute approximate surface area is 148 Å². The van der Waals surface area contributed by atoms with Gasteiger partial charge in [0, 0.05) is 18.3 Å². The van der Waals surface area contributed by atoms with Gasteiger partial charge < -0.3 is 15.4 Å². The fourth-order valence-corrected chi connectivity index (χ4v) is 3.63. The van der Waals surface area contributed by atoms with Crippen LogP contribution in [0.4, 0.5) is 4.79 Å². The second kappa shape index (κ2) is 7.70. The molecule has 0 saturated heterocycles. The number of likely N-dealkylation sites (N-methyl/N-ethyl adjacent to an activating group) is 1. The zero-order valence-electron chi connectivity index (χ0n) is 14.8. The molecular formula is C19H25N3O3. The molecule has 0 unspecified atom stereocenters. The minimum absolute atomic E-state index is 0.203. The molecule has 6 nitrogen and oxygen atoms in total. The third kappa shape index (κ3) is 3.85. The van der Waals surface area contributed by atoms with E-state index in [0.29, 0.717) is 24.4 Å². The third-order valence-electron chi connectivity index (χ3n) is 4.85. The number of amides is 2. The molecule has 0 bridgehead atoms. The molecule has 0 aromatic heterocycles. The zero-order chi connectivity index (χ0) is 17.8. The van der Waals surface area contributed by atoms with Crippen LogP contribution < -0.4 is 10.6 Å². The van der Waals surface area contributed by atoms with Crippen molar-refractivity contribution in [1.29, 1.82) is 0 Å². The number of fused-ring (bicyclic) bond motifs is 1. The van der Waals surface area contributed by atoms with Crippen molar-refractivity contribution in [3.05, 3.63) is 46.7 Å². The molecule has 1 aromatic rings. The first-order chi connectivity index (χ1) is 12.1. The molecule has 0 fully saturated rings. The second-order valence-electron chi connectivity index (χ2n) is 6.51. The minimum Gasteiger partial charge on any atom is -0.463 e. The van der Waals surface area contributed by atoms with Crippen LogP contribution in [0.2, 0.25) is 0 Å². The number of rotatable bonds is 5. The molecule has 134 valence electrons. The van der Waals surface area contributed by atoms with Crippen molar-refractivity contribution in [3.63, 3.8) is 0 Å². The van der Waals surface area contributed by atoms with E-state index in [9.17, 15) is 9.59 Å². The molecule has 0 spiro atoms. The maximum atomic E-state index is 12.2. The van der Waals surface area contributed by atoms with Crippen LogP contribution in [-0.4, -0.2) is 43.6 Å². The minimum atomic E-state index is -0.373. The highest BCUT2D eigenvalue weighted by Crippen LogP contribution is 2.33. The van der Waals surface area contributed by atoms with Crippen molar-refractivity contribution in [1.82, 2.24) is 15.5 Å². The fraction of sp³-hybridized carbons (Fsp3) is 0.474. The number of carbonyl (C=O) groups excluding carboxylic acids is 2. The molecule has 1 aliphatic carbocycles. The van der Waals surface area contributed by atoms with Gasteiger partial charge in [0.2, 0.25) is 0 Å². The van der Waals surface area contributed by atoms with Gasteiger partial charge in [-0.15, -0.1) is 0 Å². The van der Waals surface area contributed by atoms with E-state index >= 15 is 0 Å². The Bertz CT molecular complexity index is 699. The molecular weight excluding hydrogens is 318 g/mol. The van der Waals surface area contributed by atoms with E-state index in [4.69, 9.17) is 4.74 Å². The van der Waals surface area contributed by atoms with Gasteiger partial charge in [-0.05, 0) is 44.4 Å². The van der Waals surface area contributed by atoms with E-state index < -0.39 is 0 Å². The van der Waals surface area contributed by atoms with Crippen molar-refractivity contribution in [2.75, 3.05) is 26.7 Å². The molecule has 2 amide bonds. The lowest BCUT2D eigenvalue weighted by Crippen LogP contribution is -2.47. The average Bonchev–Trinajstić information content (AvgIpc) is 2.61. The monoisotopic (exact) mass is 343 g/mol. The fourth-order valence-electron chi connectivity index (χ4n) is 3.63. The van der Waals surface area contributed by atoms with E-state index in [2.05, 4.69) is 39.8 Å². The van der Waals surface area contributed by atoms with Gasteiger partial charge in [0.15, 0.2) is 0 Å². The number of hydrogen-bond donors (Lipinski definition) is 2. The summed E-state index contributed by atoms with van der Waals surface area (Å²) in [5.41, 5.74) is 3.86. The normalized spacial score (nSPS) is 20.0. The molecule has 1 atom stereocenters. The van der Waals surface area contributed by atoms with Gasteiger partial charge in [0.1, 0.15) is 0 Å². The van der Waals surface area contributed by atoms with Crippen LogP contribution >= 0.6 is 0 Å². The van der Waals surface area contributed by atoms with Crippen molar-refractivity contribution in [2.45, 2.75) is 32.2 Å². The highest BCUT2D eigenvalue weighted by molar-refractivity contribution is 5.93. The van der Waals surface area contributed by atoms with Crippen molar-refractivity contribution in [2.24, 2.45) is 0 Å². The summed E-state index contributed by atoms with van der Waals surface area (Å²) in [4.78, 5) is 26.1. The molecule has 1 aromatic carbocycles. The number of ether oxygens (including phenoxy) is 1. The number of carbonyl (C=O) groups is 2. The molecule has 1 aliphatic heterocycles. The van der Waals surface area contributed by atoms with Crippen molar-refractivity contribution < 1.29 is 14.3 Å². The molecule has 6 heteroatoms. The molecule has 0 radical (unpaired) electrons. The number of nitrogens with one attached hydrogen (secondary N) is 2. The predicted octanol–water partition coefficient (Wildman–Crippen LogP) is 2.13. The maximum absolute atomic E-state index is 12.2. The largest absolute Gasteiger partial charge is 0.463 e. The number of nitrogens with zero attached hydrogens (tertiary/aromatic N) is 1. The number of aryl methyl sites for hydroxylation is 1.